The first-order valence-corrected chi connectivity index (χ1v) is 24.1. The number of esters is 2. The fourth-order valence-corrected chi connectivity index (χ4v) is 6.28. The molecule has 0 rings (SSSR count). The van der Waals surface area contributed by atoms with Crippen LogP contribution in [0.4, 0.5) is 0 Å². The molecule has 0 aliphatic rings. The molecule has 0 aromatic rings. The monoisotopic (exact) mass is 881 g/mol. The molecule has 0 aromatic carbocycles. The van der Waals surface area contributed by atoms with Gasteiger partial charge in [0.1, 0.15) is 19.8 Å². The van der Waals surface area contributed by atoms with Crippen molar-refractivity contribution in [2.45, 2.75) is 160 Å². The number of quaternary nitrogens is 1. The maximum atomic E-state index is 12.7. The topological polar surface area (TPSA) is 169 Å². The van der Waals surface area contributed by atoms with Crippen LogP contribution in [0.25, 0.3) is 0 Å². The lowest BCUT2D eigenvalue weighted by Crippen LogP contribution is -2.37. The summed E-state index contributed by atoms with van der Waals surface area (Å²) in [6.07, 6.45) is 38.8. The normalized spacial score (nSPS) is 15.9. The minimum atomic E-state index is -4.45. The summed E-state index contributed by atoms with van der Waals surface area (Å²) in [5.41, 5.74) is 0. The van der Waals surface area contributed by atoms with Crippen LogP contribution in [0.2, 0.25) is 0 Å². The van der Waals surface area contributed by atoms with Crippen LogP contribution < -0.4 is 0 Å². The number of ether oxygens (including phenoxy) is 2. The maximum Gasteiger partial charge on any atom is 0.472 e. The molecule has 13 heteroatoms. The van der Waals surface area contributed by atoms with Crippen molar-refractivity contribution in [3.8, 4) is 0 Å². The van der Waals surface area contributed by atoms with Crippen molar-refractivity contribution in [2.24, 2.45) is 0 Å². The van der Waals surface area contributed by atoms with Crippen molar-refractivity contribution in [1.29, 1.82) is 0 Å². The quantitative estimate of drug-likeness (QED) is 0.0116. The number of hydrogen-bond acceptors (Lipinski definition) is 10. The molecule has 5 unspecified atom stereocenters. The van der Waals surface area contributed by atoms with Crippen LogP contribution in [0.15, 0.2) is 85.1 Å². The molecule has 0 heterocycles. The van der Waals surface area contributed by atoms with E-state index < -0.39 is 50.8 Å². The number of aliphatic hydroxyl groups excluding tert-OH is 3. The molecular weight excluding hydrogens is 797 g/mol. The molecule has 0 fully saturated rings. The lowest BCUT2D eigenvalue weighted by atomic mass is 10.1. The molecular formula is C48H83NO11P+. The summed E-state index contributed by atoms with van der Waals surface area (Å²) in [5.74, 6) is -1.04. The van der Waals surface area contributed by atoms with Crippen LogP contribution in [0, 0.1) is 0 Å². The van der Waals surface area contributed by atoms with E-state index in [-0.39, 0.29) is 26.1 Å². The van der Waals surface area contributed by atoms with E-state index in [4.69, 9.17) is 18.5 Å². The fraction of sp³-hybridized carbons (Fsp3) is 0.667. The largest absolute Gasteiger partial charge is 0.472 e. The van der Waals surface area contributed by atoms with E-state index in [1.54, 1.807) is 54.7 Å². The highest BCUT2D eigenvalue weighted by molar-refractivity contribution is 7.47. The predicted octanol–water partition coefficient (Wildman–Crippen LogP) is 9.71. The average Bonchev–Trinajstić information content (AvgIpc) is 3.20. The number of unbranched alkanes of at least 4 members (excludes halogenated alkanes) is 11. The number of likely N-dealkylation sites (N-methyl/N-ethyl adjacent to an activating group) is 1. The van der Waals surface area contributed by atoms with Crippen molar-refractivity contribution in [3.63, 3.8) is 0 Å². The number of hydrogen-bond donors (Lipinski definition) is 4. The Bertz CT molecular complexity index is 1370. The highest BCUT2D eigenvalue weighted by atomic mass is 31.2. The standard InChI is InChI=1S/C48H82NO11P/c1-6-8-10-11-12-13-14-15-16-17-18-19-20-25-31-37-47(53)57-41-44(42-59-61(55,56)58-40-39-49(3,4)5)60-48(54)38-32-26-29-34-43(50)33-28-23-21-22-24-30-36-46(52)45(51)35-27-9-7-2/h9,15-16,21-24,26-30,33,36,43-46,50-52H,6-8,10-14,17-20,25,31-32,34-35,37-42H2,1-5H3/p+1/b16-15-,23-21+,24-22-,27-9-,29-26+,33-28+,36-30+. The van der Waals surface area contributed by atoms with Gasteiger partial charge in [0, 0.05) is 12.8 Å². The van der Waals surface area contributed by atoms with Gasteiger partial charge in [0.2, 0.25) is 0 Å². The van der Waals surface area contributed by atoms with Gasteiger partial charge >= 0.3 is 19.8 Å². The first-order valence-electron chi connectivity index (χ1n) is 22.6. The van der Waals surface area contributed by atoms with E-state index in [1.807, 2.05) is 40.2 Å². The predicted molar refractivity (Wildman–Crippen MR) is 247 cm³/mol. The van der Waals surface area contributed by atoms with E-state index in [0.29, 0.717) is 36.7 Å². The van der Waals surface area contributed by atoms with Gasteiger partial charge in [0.15, 0.2) is 6.10 Å². The van der Waals surface area contributed by atoms with Crippen molar-refractivity contribution in [3.05, 3.63) is 85.1 Å². The molecule has 0 bridgehead atoms. The molecule has 0 aliphatic carbocycles. The minimum absolute atomic E-state index is 0.00596. The summed E-state index contributed by atoms with van der Waals surface area (Å²) in [6, 6.07) is 0. The molecule has 0 radical (unpaired) electrons. The smallest absolute Gasteiger partial charge is 0.462 e. The Morgan fingerprint density at radius 3 is 1.84 bits per heavy atom. The third-order valence-corrected chi connectivity index (χ3v) is 10.2. The summed E-state index contributed by atoms with van der Waals surface area (Å²) in [7, 11) is 1.30. The van der Waals surface area contributed by atoms with Crippen LogP contribution in [0.5, 0.6) is 0 Å². The summed E-state index contributed by atoms with van der Waals surface area (Å²) in [5, 5.41) is 30.1. The van der Waals surface area contributed by atoms with E-state index >= 15 is 0 Å². The lowest BCUT2D eigenvalue weighted by Gasteiger charge is -2.24. The van der Waals surface area contributed by atoms with Gasteiger partial charge in [-0.1, -0.05) is 150 Å². The zero-order valence-corrected chi connectivity index (χ0v) is 39.1. The van der Waals surface area contributed by atoms with Crippen LogP contribution in [0.1, 0.15) is 136 Å². The molecule has 12 nitrogen and oxygen atoms in total. The van der Waals surface area contributed by atoms with Gasteiger partial charge in [0.25, 0.3) is 0 Å². The zero-order valence-electron chi connectivity index (χ0n) is 38.2. The second-order valence-corrected chi connectivity index (χ2v) is 17.7. The molecule has 0 spiro atoms. The van der Waals surface area contributed by atoms with Gasteiger partial charge in [0.05, 0.1) is 46.1 Å². The van der Waals surface area contributed by atoms with Crippen molar-refractivity contribution >= 4 is 19.8 Å². The Labute approximate surface area is 369 Å². The molecule has 0 aromatic heterocycles. The highest BCUT2D eigenvalue weighted by Gasteiger charge is 2.27. The van der Waals surface area contributed by atoms with Crippen molar-refractivity contribution < 1.29 is 57.4 Å². The average molecular weight is 881 g/mol. The van der Waals surface area contributed by atoms with E-state index in [2.05, 4.69) is 19.1 Å². The minimum Gasteiger partial charge on any atom is -0.462 e. The first-order chi connectivity index (χ1) is 29.2. The van der Waals surface area contributed by atoms with Gasteiger partial charge < -0.3 is 34.2 Å². The van der Waals surface area contributed by atoms with Crippen molar-refractivity contribution in [1.82, 2.24) is 0 Å². The number of carbonyl (C=O) groups is 2. The molecule has 4 N–H and O–H groups in total. The van der Waals surface area contributed by atoms with Crippen LogP contribution in [-0.2, 0) is 32.7 Å². The van der Waals surface area contributed by atoms with Gasteiger partial charge in [-0.2, -0.15) is 0 Å². The summed E-state index contributed by atoms with van der Waals surface area (Å²) in [4.78, 5) is 35.4. The Balaban J connectivity index is 4.69. The number of carbonyl (C=O) groups excluding carboxylic acids is 2. The number of phosphoric ester groups is 1. The Kier molecular flexibility index (Phi) is 36.9. The molecule has 5 atom stereocenters. The Hall–Kier alpha value is -2.93. The van der Waals surface area contributed by atoms with Gasteiger partial charge in [-0.05, 0) is 57.8 Å². The van der Waals surface area contributed by atoms with Crippen molar-refractivity contribution in [2.75, 3.05) is 47.5 Å². The number of allylic oxidation sites excluding steroid dienone is 10. The summed E-state index contributed by atoms with van der Waals surface area (Å²) in [6.45, 7) is 3.86. The first kappa shape index (κ1) is 58.1. The van der Waals surface area contributed by atoms with Crippen LogP contribution in [-0.4, -0.2) is 109 Å². The Morgan fingerprint density at radius 2 is 1.20 bits per heavy atom. The number of rotatable bonds is 39. The van der Waals surface area contributed by atoms with E-state index in [9.17, 15) is 34.4 Å². The fourth-order valence-electron chi connectivity index (χ4n) is 5.53. The molecule has 350 valence electrons. The molecule has 61 heavy (non-hydrogen) atoms. The number of phosphoric acid groups is 1. The SMILES string of the molecule is CC/C=C\CC(O)C(O)/C=C/C=C\C=C\C=C\C(O)C/C=C/CCC(=O)OC(COC(=O)CCCCCCC/C=C\CCCCCCCC)COP(=O)(O)OCC[N+](C)(C)C. The summed E-state index contributed by atoms with van der Waals surface area (Å²) < 4.78 is 34.1. The van der Waals surface area contributed by atoms with Gasteiger partial charge in [-0.3, -0.25) is 18.6 Å². The molecule has 0 amide bonds. The highest BCUT2D eigenvalue weighted by Crippen LogP contribution is 2.43. The van der Waals surface area contributed by atoms with Gasteiger partial charge in [-0.15, -0.1) is 0 Å². The van der Waals surface area contributed by atoms with E-state index in [1.165, 1.54) is 44.6 Å². The van der Waals surface area contributed by atoms with Gasteiger partial charge in [-0.25, -0.2) is 4.57 Å². The molecule has 0 saturated carbocycles. The molecule has 0 aliphatic heterocycles. The maximum absolute atomic E-state index is 12.7. The second kappa shape index (κ2) is 38.7. The zero-order chi connectivity index (χ0) is 45.5. The third-order valence-electron chi connectivity index (χ3n) is 9.24. The summed E-state index contributed by atoms with van der Waals surface area (Å²) >= 11 is 0. The second-order valence-electron chi connectivity index (χ2n) is 16.3. The third kappa shape index (κ3) is 40.9. The van der Waals surface area contributed by atoms with Crippen LogP contribution >= 0.6 is 7.82 Å². The molecule has 0 saturated heterocycles. The Morgan fingerprint density at radius 1 is 0.623 bits per heavy atom. The van der Waals surface area contributed by atoms with E-state index in [0.717, 1.165) is 44.9 Å². The lowest BCUT2D eigenvalue weighted by molar-refractivity contribution is -0.870. The number of aliphatic hydroxyl groups is 3. The number of nitrogens with zero attached hydrogens (tertiary/aromatic N) is 1. The van der Waals surface area contributed by atoms with Crippen LogP contribution in [0.3, 0.4) is 0 Å².